The minimum Gasteiger partial charge on any atom is -0.303 e. The molecule has 0 saturated carbocycles. The van der Waals surface area contributed by atoms with Crippen molar-refractivity contribution in [1.29, 1.82) is 0 Å². The molecule has 0 radical (unpaired) electrons. The minimum absolute atomic E-state index is 0.121. The summed E-state index contributed by atoms with van der Waals surface area (Å²) >= 11 is 0. The lowest BCUT2D eigenvalue weighted by molar-refractivity contribution is -0.121. The zero-order valence-electron chi connectivity index (χ0n) is 12.6. The minimum atomic E-state index is -0.391. The monoisotopic (exact) mass is 274 g/mol. The van der Waals surface area contributed by atoms with E-state index in [0.717, 1.165) is 17.5 Å². The van der Waals surface area contributed by atoms with Crippen molar-refractivity contribution in [2.45, 2.75) is 52.6 Å². The van der Waals surface area contributed by atoms with E-state index < -0.39 is 6.04 Å². The van der Waals surface area contributed by atoms with Gasteiger partial charge >= 0.3 is 0 Å². The molecule has 4 nitrogen and oxygen atoms in total. The molecule has 2 amide bonds. The number of carbonyl (C=O) groups is 2. The molecule has 0 spiro atoms. The van der Waals surface area contributed by atoms with Crippen LogP contribution in [0.5, 0.6) is 0 Å². The molecule has 4 heteroatoms. The average molecular weight is 274 g/mol. The van der Waals surface area contributed by atoms with Gasteiger partial charge in [0.1, 0.15) is 0 Å². The van der Waals surface area contributed by atoms with Crippen LogP contribution in [0.4, 0.5) is 5.69 Å². The number of benzene rings is 1. The molecular formula is C16H22N2O2. The van der Waals surface area contributed by atoms with E-state index in [4.69, 9.17) is 0 Å². The maximum atomic E-state index is 12.5. The van der Waals surface area contributed by atoms with Crippen LogP contribution in [0.3, 0.4) is 0 Å². The lowest BCUT2D eigenvalue weighted by Crippen LogP contribution is -2.42. The number of nitrogens with one attached hydrogen (secondary N) is 1. The average Bonchev–Trinajstić information content (AvgIpc) is 2.68. The Morgan fingerprint density at radius 1 is 1.35 bits per heavy atom. The highest BCUT2D eigenvalue weighted by atomic mass is 16.2. The third kappa shape index (κ3) is 2.61. The quantitative estimate of drug-likeness (QED) is 0.857. The van der Waals surface area contributed by atoms with Gasteiger partial charge in [0.25, 0.3) is 5.91 Å². The summed E-state index contributed by atoms with van der Waals surface area (Å²) in [6, 6.07) is 5.54. The largest absolute Gasteiger partial charge is 0.303 e. The summed E-state index contributed by atoms with van der Waals surface area (Å²) in [6.07, 6.45) is 1.18. The van der Waals surface area contributed by atoms with E-state index in [9.17, 15) is 9.59 Å². The van der Waals surface area contributed by atoms with E-state index in [0.29, 0.717) is 5.69 Å². The van der Waals surface area contributed by atoms with Crippen LogP contribution in [0.2, 0.25) is 0 Å². The van der Waals surface area contributed by atoms with E-state index in [-0.39, 0.29) is 24.3 Å². The molecule has 1 aliphatic heterocycles. The van der Waals surface area contributed by atoms with E-state index in [1.165, 1.54) is 4.90 Å². The molecular weight excluding hydrogens is 252 g/mol. The highest BCUT2D eigenvalue weighted by molar-refractivity contribution is 6.22. The summed E-state index contributed by atoms with van der Waals surface area (Å²) in [6.45, 7) is 8.01. The molecule has 1 aliphatic rings. The summed E-state index contributed by atoms with van der Waals surface area (Å²) in [5, 5.41) is 3.23. The number of anilines is 1. The molecule has 0 aromatic heterocycles. The molecule has 2 rings (SSSR count). The lowest BCUT2D eigenvalue weighted by Gasteiger charge is -2.20. The number of hydrogen-bond acceptors (Lipinski definition) is 3. The first-order valence-corrected chi connectivity index (χ1v) is 7.14. The Labute approximate surface area is 120 Å². The molecule has 1 heterocycles. The van der Waals surface area contributed by atoms with Crippen molar-refractivity contribution < 1.29 is 9.59 Å². The molecule has 1 N–H and O–H groups in total. The summed E-state index contributed by atoms with van der Waals surface area (Å²) in [5.41, 5.74) is 2.79. The Bertz CT molecular complexity index is 539. The Hall–Kier alpha value is -1.68. The maximum Gasteiger partial charge on any atom is 0.251 e. The van der Waals surface area contributed by atoms with E-state index >= 15 is 0 Å². The Morgan fingerprint density at radius 2 is 2.05 bits per heavy atom. The summed E-state index contributed by atoms with van der Waals surface area (Å²) in [4.78, 5) is 26.0. The van der Waals surface area contributed by atoms with Gasteiger partial charge in [0.05, 0.1) is 18.2 Å². The summed E-state index contributed by atoms with van der Waals surface area (Å²) in [5.74, 6) is -0.256. The highest BCUT2D eigenvalue weighted by Crippen LogP contribution is 2.28. The van der Waals surface area contributed by atoms with Gasteiger partial charge in [-0.15, -0.1) is 0 Å². The van der Waals surface area contributed by atoms with Crippen molar-refractivity contribution in [3.05, 3.63) is 29.3 Å². The first kappa shape index (κ1) is 14.7. The van der Waals surface area contributed by atoms with Crippen LogP contribution in [-0.4, -0.2) is 23.9 Å². The van der Waals surface area contributed by atoms with Gasteiger partial charge in [-0.05, 0) is 44.4 Å². The zero-order valence-corrected chi connectivity index (χ0v) is 12.6. The summed E-state index contributed by atoms with van der Waals surface area (Å²) < 4.78 is 0. The highest BCUT2D eigenvalue weighted by Gasteiger charge is 2.40. The molecule has 2 atom stereocenters. The fraction of sp³-hybridized carbons (Fsp3) is 0.500. The lowest BCUT2D eigenvalue weighted by atomic mass is 10.1. The van der Waals surface area contributed by atoms with Crippen LogP contribution in [0.1, 0.15) is 37.8 Å². The number of imide groups is 1. The van der Waals surface area contributed by atoms with Crippen LogP contribution in [0, 0.1) is 13.8 Å². The third-order valence-electron chi connectivity index (χ3n) is 4.06. The van der Waals surface area contributed by atoms with Crippen LogP contribution < -0.4 is 10.2 Å². The van der Waals surface area contributed by atoms with Crippen molar-refractivity contribution >= 4 is 17.5 Å². The van der Waals surface area contributed by atoms with Crippen molar-refractivity contribution in [3.63, 3.8) is 0 Å². The molecule has 20 heavy (non-hydrogen) atoms. The first-order chi connectivity index (χ1) is 9.45. The fourth-order valence-corrected chi connectivity index (χ4v) is 2.45. The van der Waals surface area contributed by atoms with Crippen molar-refractivity contribution in [3.8, 4) is 0 Å². The normalized spacial score (nSPS) is 20.6. The Kier molecular flexibility index (Phi) is 4.23. The van der Waals surface area contributed by atoms with Crippen LogP contribution in [0.25, 0.3) is 0 Å². The number of hydrogen-bond donors (Lipinski definition) is 1. The number of nitrogens with zero attached hydrogens (tertiary/aromatic N) is 1. The van der Waals surface area contributed by atoms with Crippen LogP contribution in [0.15, 0.2) is 18.2 Å². The number of rotatable bonds is 4. The van der Waals surface area contributed by atoms with Gasteiger partial charge in [0.2, 0.25) is 5.91 Å². The van der Waals surface area contributed by atoms with Gasteiger partial charge < -0.3 is 5.32 Å². The van der Waals surface area contributed by atoms with Gasteiger partial charge in [-0.3, -0.25) is 9.59 Å². The van der Waals surface area contributed by atoms with Crippen molar-refractivity contribution in [2.75, 3.05) is 4.90 Å². The second-order valence-corrected chi connectivity index (χ2v) is 5.52. The smallest absolute Gasteiger partial charge is 0.251 e. The van der Waals surface area contributed by atoms with Crippen molar-refractivity contribution in [2.24, 2.45) is 0 Å². The van der Waals surface area contributed by atoms with Gasteiger partial charge in [-0.1, -0.05) is 19.1 Å². The standard InChI is InChI=1S/C16H22N2O2/c1-5-11(3)17-13-9-15(19)18(16(13)20)14-8-6-7-10(2)12(14)4/h6-8,11,13,17H,5,9H2,1-4H3. The molecule has 1 aromatic carbocycles. The van der Waals surface area contributed by atoms with E-state index in [1.807, 2.05) is 39.0 Å². The predicted octanol–water partition coefficient (Wildman–Crippen LogP) is 2.32. The molecule has 1 fully saturated rings. The second kappa shape index (κ2) is 5.75. The van der Waals surface area contributed by atoms with Gasteiger partial charge in [-0.25, -0.2) is 4.90 Å². The number of carbonyl (C=O) groups excluding carboxylic acids is 2. The number of aryl methyl sites for hydroxylation is 1. The van der Waals surface area contributed by atoms with Crippen LogP contribution >= 0.6 is 0 Å². The van der Waals surface area contributed by atoms with Gasteiger partial charge in [0.15, 0.2) is 0 Å². The Balaban J connectivity index is 2.27. The fourth-order valence-electron chi connectivity index (χ4n) is 2.45. The van der Waals surface area contributed by atoms with Crippen molar-refractivity contribution in [1.82, 2.24) is 5.32 Å². The molecule has 1 aromatic rings. The Morgan fingerprint density at radius 3 is 2.70 bits per heavy atom. The molecule has 2 unspecified atom stereocenters. The predicted molar refractivity (Wildman–Crippen MR) is 79.7 cm³/mol. The third-order valence-corrected chi connectivity index (χ3v) is 4.06. The van der Waals surface area contributed by atoms with E-state index in [2.05, 4.69) is 12.2 Å². The maximum absolute atomic E-state index is 12.5. The molecule has 0 bridgehead atoms. The molecule has 0 aliphatic carbocycles. The SMILES string of the molecule is CCC(C)NC1CC(=O)N(c2cccc(C)c2C)C1=O. The zero-order chi connectivity index (χ0) is 14.9. The molecule has 1 saturated heterocycles. The van der Waals surface area contributed by atoms with Gasteiger partial charge in [0, 0.05) is 6.04 Å². The topological polar surface area (TPSA) is 49.4 Å². The van der Waals surface area contributed by atoms with Gasteiger partial charge in [-0.2, -0.15) is 0 Å². The van der Waals surface area contributed by atoms with E-state index in [1.54, 1.807) is 0 Å². The molecule has 108 valence electrons. The first-order valence-electron chi connectivity index (χ1n) is 7.14. The number of amides is 2. The second-order valence-electron chi connectivity index (χ2n) is 5.52. The summed E-state index contributed by atoms with van der Waals surface area (Å²) in [7, 11) is 0. The van der Waals surface area contributed by atoms with Crippen LogP contribution in [-0.2, 0) is 9.59 Å².